The summed E-state index contributed by atoms with van der Waals surface area (Å²) in [5.41, 5.74) is -0.466. The van der Waals surface area contributed by atoms with Crippen LogP contribution in [0.15, 0.2) is 18.2 Å². The van der Waals surface area contributed by atoms with Crippen LogP contribution in [0.25, 0.3) is 0 Å². The number of nitrogens with zero attached hydrogens (tertiary/aromatic N) is 2. The van der Waals surface area contributed by atoms with Crippen molar-refractivity contribution in [1.29, 1.82) is 0 Å². The van der Waals surface area contributed by atoms with E-state index >= 15 is 0 Å². The predicted octanol–water partition coefficient (Wildman–Crippen LogP) is 2.33. The normalized spacial score (nSPS) is 15.2. The molecule has 24 heavy (non-hydrogen) atoms. The molecule has 0 aliphatic carbocycles. The van der Waals surface area contributed by atoms with Gasteiger partial charge in [-0.1, -0.05) is 0 Å². The Morgan fingerprint density at radius 1 is 1.12 bits per heavy atom. The topological polar surface area (TPSA) is 66.9 Å². The molecule has 0 atom stereocenters. The van der Waals surface area contributed by atoms with Crippen LogP contribution in [0.2, 0.25) is 0 Å². The highest BCUT2D eigenvalue weighted by Gasteiger charge is 2.28. The number of hydrogen-bond donors (Lipinski definition) is 0. The van der Waals surface area contributed by atoms with E-state index in [-0.39, 0.29) is 17.0 Å². The molecule has 1 saturated heterocycles. The maximum Gasteiger partial charge on any atom is 0.410 e. The van der Waals surface area contributed by atoms with Gasteiger partial charge in [-0.15, -0.1) is 0 Å². The molecule has 2 amide bonds. The number of benzene rings is 1. The van der Waals surface area contributed by atoms with Gasteiger partial charge in [0, 0.05) is 31.7 Å². The molecule has 1 aromatic rings. The molecular formula is C17H21FN2O4. The van der Waals surface area contributed by atoms with Crippen LogP contribution in [-0.4, -0.2) is 59.9 Å². The lowest BCUT2D eigenvalue weighted by molar-refractivity contribution is 0.0141. The molecule has 0 radical (unpaired) electrons. The molecule has 1 fully saturated rings. The van der Waals surface area contributed by atoms with Gasteiger partial charge in [-0.25, -0.2) is 9.18 Å². The Morgan fingerprint density at radius 3 is 2.21 bits per heavy atom. The fourth-order valence-electron chi connectivity index (χ4n) is 2.36. The van der Waals surface area contributed by atoms with Crippen molar-refractivity contribution in [3.63, 3.8) is 0 Å². The third kappa shape index (κ3) is 4.31. The molecule has 0 N–H and O–H groups in total. The van der Waals surface area contributed by atoms with E-state index in [1.54, 1.807) is 30.6 Å². The maximum absolute atomic E-state index is 13.6. The molecule has 6 nitrogen and oxygen atoms in total. The molecule has 0 spiro atoms. The smallest absolute Gasteiger partial charge is 0.410 e. The number of rotatable bonds is 2. The summed E-state index contributed by atoms with van der Waals surface area (Å²) in [6.07, 6.45) is -0.000554. The van der Waals surface area contributed by atoms with Crippen molar-refractivity contribution in [3.05, 3.63) is 35.1 Å². The van der Waals surface area contributed by atoms with Crippen LogP contribution in [0.3, 0.4) is 0 Å². The number of carbonyl (C=O) groups is 3. The lowest BCUT2D eigenvalue weighted by atomic mass is 10.1. The summed E-state index contributed by atoms with van der Waals surface area (Å²) in [5.74, 6) is -1.04. The highest BCUT2D eigenvalue weighted by atomic mass is 19.1. The van der Waals surface area contributed by atoms with Gasteiger partial charge in [0.15, 0.2) is 6.29 Å². The summed E-state index contributed by atoms with van der Waals surface area (Å²) < 4.78 is 18.9. The van der Waals surface area contributed by atoms with Crippen molar-refractivity contribution in [3.8, 4) is 0 Å². The zero-order chi connectivity index (χ0) is 17.9. The van der Waals surface area contributed by atoms with Crippen LogP contribution < -0.4 is 0 Å². The van der Waals surface area contributed by atoms with E-state index in [2.05, 4.69) is 0 Å². The molecule has 1 aromatic carbocycles. The van der Waals surface area contributed by atoms with Crippen LogP contribution >= 0.6 is 0 Å². The standard InChI is InChI=1S/C17H21FN2O4/c1-17(2,3)24-16(23)20-8-6-19(7-9-20)15(22)12-4-5-13(11-21)14(18)10-12/h4-5,10-11H,6-9H2,1-3H3. The van der Waals surface area contributed by atoms with E-state index in [1.165, 1.54) is 12.1 Å². The third-order valence-corrected chi connectivity index (χ3v) is 3.59. The van der Waals surface area contributed by atoms with Crippen molar-refractivity contribution in [1.82, 2.24) is 9.80 Å². The molecule has 0 saturated carbocycles. The lowest BCUT2D eigenvalue weighted by Crippen LogP contribution is -2.51. The number of carbonyl (C=O) groups excluding carboxylic acids is 3. The van der Waals surface area contributed by atoms with Gasteiger partial charge in [-0.2, -0.15) is 0 Å². The van der Waals surface area contributed by atoms with Gasteiger partial charge in [-0.05, 0) is 39.0 Å². The Hall–Kier alpha value is -2.44. The SMILES string of the molecule is CC(C)(C)OC(=O)N1CCN(C(=O)c2ccc(C=O)c(F)c2)CC1. The number of amides is 2. The van der Waals surface area contributed by atoms with Gasteiger partial charge in [-0.3, -0.25) is 9.59 Å². The van der Waals surface area contributed by atoms with Gasteiger partial charge in [0.2, 0.25) is 0 Å². The summed E-state index contributed by atoms with van der Waals surface area (Å²) in [7, 11) is 0. The Balaban J connectivity index is 1.96. The molecule has 1 aliphatic heterocycles. The van der Waals surface area contributed by atoms with Crippen molar-refractivity contribution in [2.75, 3.05) is 26.2 Å². The van der Waals surface area contributed by atoms with E-state index in [1.807, 2.05) is 0 Å². The minimum absolute atomic E-state index is 0.0821. The Morgan fingerprint density at radius 2 is 1.71 bits per heavy atom. The number of ether oxygens (including phenoxy) is 1. The second kappa shape index (κ2) is 6.98. The van der Waals surface area contributed by atoms with Gasteiger partial charge in [0.1, 0.15) is 11.4 Å². The van der Waals surface area contributed by atoms with Crippen LogP contribution in [0.1, 0.15) is 41.5 Å². The second-order valence-corrected chi connectivity index (χ2v) is 6.61. The van der Waals surface area contributed by atoms with E-state index < -0.39 is 17.5 Å². The van der Waals surface area contributed by atoms with Crippen molar-refractivity contribution in [2.24, 2.45) is 0 Å². The number of halogens is 1. The highest BCUT2D eigenvalue weighted by molar-refractivity contribution is 5.95. The molecule has 0 bridgehead atoms. The fraction of sp³-hybridized carbons (Fsp3) is 0.471. The summed E-state index contributed by atoms with van der Waals surface area (Å²) in [4.78, 5) is 38.1. The minimum Gasteiger partial charge on any atom is -0.444 e. The summed E-state index contributed by atoms with van der Waals surface area (Å²) in [6.45, 7) is 6.78. The summed E-state index contributed by atoms with van der Waals surface area (Å²) in [5, 5.41) is 0. The molecule has 1 heterocycles. The van der Waals surface area contributed by atoms with Gasteiger partial charge in [0.05, 0.1) is 5.56 Å². The second-order valence-electron chi connectivity index (χ2n) is 6.61. The monoisotopic (exact) mass is 336 g/mol. The van der Waals surface area contributed by atoms with E-state index in [4.69, 9.17) is 4.74 Å². The average Bonchev–Trinajstić information content (AvgIpc) is 2.52. The van der Waals surface area contributed by atoms with Crippen LogP contribution in [-0.2, 0) is 4.74 Å². The largest absolute Gasteiger partial charge is 0.444 e. The molecule has 7 heteroatoms. The number of hydrogen-bond acceptors (Lipinski definition) is 4. The first-order valence-corrected chi connectivity index (χ1v) is 7.73. The Labute approximate surface area is 140 Å². The summed E-state index contributed by atoms with van der Waals surface area (Å²) in [6, 6.07) is 3.77. The van der Waals surface area contributed by atoms with Crippen molar-refractivity contribution < 1.29 is 23.5 Å². The van der Waals surface area contributed by atoms with E-state index in [9.17, 15) is 18.8 Å². The fourth-order valence-corrected chi connectivity index (χ4v) is 2.36. The highest BCUT2D eigenvalue weighted by Crippen LogP contribution is 2.15. The molecule has 130 valence electrons. The van der Waals surface area contributed by atoms with Gasteiger partial charge >= 0.3 is 6.09 Å². The molecule has 1 aliphatic rings. The minimum atomic E-state index is -0.719. The molecule has 0 aromatic heterocycles. The average molecular weight is 336 g/mol. The number of aldehydes is 1. The van der Waals surface area contributed by atoms with Crippen LogP contribution in [0, 0.1) is 5.82 Å². The Bertz CT molecular complexity index is 646. The lowest BCUT2D eigenvalue weighted by Gasteiger charge is -2.35. The van der Waals surface area contributed by atoms with Crippen molar-refractivity contribution in [2.45, 2.75) is 26.4 Å². The predicted molar refractivity (Wildman–Crippen MR) is 85.5 cm³/mol. The first kappa shape index (κ1) is 17.9. The number of piperazine rings is 1. The quantitative estimate of drug-likeness (QED) is 0.778. The molecular weight excluding hydrogens is 315 g/mol. The van der Waals surface area contributed by atoms with Gasteiger partial charge in [0.25, 0.3) is 5.91 Å². The molecule has 0 unspecified atom stereocenters. The molecule has 2 rings (SSSR count). The van der Waals surface area contributed by atoms with Crippen LogP contribution in [0.5, 0.6) is 0 Å². The van der Waals surface area contributed by atoms with Crippen molar-refractivity contribution >= 4 is 18.3 Å². The first-order chi connectivity index (χ1) is 11.2. The summed E-state index contributed by atoms with van der Waals surface area (Å²) >= 11 is 0. The third-order valence-electron chi connectivity index (χ3n) is 3.59. The zero-order valence-corrected chi connectivity index (χ0v) is 14.0. The van der Waals surface area contributed by atoms with Crippen LogP contribution in [0.4, 0.5) is 9.18 Å². The first-order valence-electron chi connectivity index (χ1n) is 7.73. The zero-order valence-electron chi connectivity index (χ0n) is 14.0. The van der Waals surface area contributed by atoms with E-state index in [0.29, 0.717) is 32.5 Å². The maximum atomic E-state index is 13.6. The van der Waals surface area contributed by atoms with Gasteiger partial charge < -0.3 is 14.5 Å². The Kier molecular flexibility index (Phi) is 5.21. The van der Waals surface area contributed by atoms with E-state index in [0.717, 1.165) is 6.07 Å².